The van der Waals surface area contributed by atoms with Gasteiger partial charge in [-0.15, -0.1) is 0 Å². The van der Waals surface area contributed by atoms with Crippen molar-refractivity contribution in [2.75, 3.05) is 13.1 Å². The van der Waals surface area contributed by atoms with Gasteiger partial charge in [0.15, 0.2) is 0 Å². The minimum Gasteiger partial charge on any atom is -0.478 e. The minimum absolute atomic E-state index is 0.455. The summed E-state index contributed by atoms with van der Waals surface area (Å²) in [4.78, 5) is 14.0. The Labute approximate surface area is 135 Å². The van der Waals surface area contributed by atoms with E-state index >= 15 is 0 Å². The summed E-state index contributed by atoms with van der Waals surface area (Å²) in [6.45, 7) is 3.95. The van der Waals surface area contributed by atoms with E-state index in [1.54, 1.807) is 12.1 Å². The molecule has 0 radical (unpaired) electrons. The summed E-state index contributed by atoms with van der Waals surface area (Å²) < 4.78 is 11.4. The van der Waals surface area contributed by atoms with E-state index in [4.69, 9.17) is 9.15 Å². The molecule has 5 heteroatoms. The summed E-state index contributed by atoms with van der Waals surface area (Å²) in [5.74, 6) is 1.51. The summed E-state index contributed by atoms with van der Waals surface area (Å²) in [7, 11) is 0. The van der Waals surface area contributed by atoms with Gasteiger partial charge in [0, 0.05) is 25.9 Å². The second-order valence-corrected chi connectivity index (χ2v) is 6.00. The maximum Gasteiger partial charge on any atom is 0.348 e. The Balaban J connectivity index is 1.65. The van der Waals surface area contributed by atoms with Crippen LogP contribution in [0.1, 0.15) is 24.4 Å². The molecule has 0 bridgehead atoms. The number of aliphatic carboxylic acids is 1. The fourth-order valence-corrected chi connectivity index (χ4v) is 2.94. The van der Waals surface area contributed by atoms with Crippen LogP contribution in [-0.4, -0.2) is 34.7 Å². The number of hydrogen-bond acceptors (Lipinski definition) is 4. The van der Waals surface area contributed by atoms with E-state index in [2.05, 4.69) is 4.90 Å². The average Bonchev–Trinajstić information content (AvgIpc) is 2.95. The minimum atomic E-state index is -1.14. The number of carboxylic acids is 1. The topological polar surface area (TPSA) is 62.9 Å². The summed E-state index contributed by atoms with van der Waals surface area (Å²) in [5.41, 5.74) is -1.14. The first-order valence-electron chi connectivity index (χ1n) is 7.82. The number of ether oxygens (including phenoxy) is 1. The first-order chi connectivity index (χ1) is 11.1. The summed E-state index contributed by atoms with van der Waals surface area (Å²) in [6.07, 6.45) is 0.911. The van der Waals surface area contributed by atoms with Crippen molar-refractivity contribution in [2.45, 2.75) is 31.9 Å². The zero-order valence-corrected chi connectivity index (χ0v) is 13.2. The number of para-hydroxylation sites is 1. The van der Waals surface area contributed by atoms with E-state index in [1.165, 1.54) is 0 Å². The van der Waals surface area contributed by atoms with Crippen LogP contribution < -0.4 is 4.74 Å². The molecular formula is C18H21NO4. The number of aryl methyl sites for hydroxylation is 1. The molecule has 1 aromatic heterocycles. The summed E-state index contributed by atoms with van der Waals surface area (Å²) >= 11 is 0. The highest BCUT2D eigenvalue weighted by Crippen LogP contribution is 2.30. The fraction of sp³-hybridized carbons (Fsp3) is 0.389. The smallest absolute Gasteiger partial charge is 0.348 e. The Morgan fingerprint density at radius 3 is 2.48 bits per heavy atom. The SMILES string of the molecule is Cc1ccc(CN2CCC(Oc3ccccc3)(C(=O)O)CC2)o1. The van der Waals surface area contributed by atoms with Crippen molar-refractivity contribution < 1.29 is 19.1 Å². The molecule has 0 unspecified atom stereocenters. The van der Waals surface area contributed by atoms with Gasteiger partial charge in [0.1, 0.15) is 17.3 Å². The van der Waals surface area contributed by atoms with E-state index < -0.39 is 11.6 Å². The third-order valence-corrected chi connectivity index (χ3v) is 4.29. The lowest BCUT2D eigenvalue weighted by atomic mass is 9.91. The molecule has 0 aliphatic carbocycles. The molecule has 2 aromatic rings. The van der Waals surface area contributed by atoms with Gasteiger partial charge in [-0.05, 0) is 31.2 Å². The number of hydrogen-bond donors (Lipinski definition) is 1. The van der Waals surface area contributed by atoms with Crippen molar-refractivity contribution in [3.8, 4) is 5.75 Å². The van der Waals surface area contributed by atoms with Gasteiger partial charge in [-0.3, -0.25) is 4.90 Å². The van der Waals surface area contributed by atoms with Crippen LogP contribution in [0.15, 0.2) is 46.9 Å². The first-order valence-corrected chi connectivity index (χ1v) is 7.82. The number of rotatable bonds is 5. The highest BCUT2D eigenvalue weighted by Gasteiger charge is 2.44. The van der Waals surface area contributed by atoms with Crippen LogP contribution in [0, 0.1) is 6.92 Å². The molecule has 23 heavy (non-hydrogen) atoms. The standard InChI is InChI=1S/C18H21NO4/c1-14-7-8-16(22-14)13-19-11-9-18(10-12-19,17(20)21)23-15-5-3-2-4-6-15/h2-8H,9-13H2,1H3,(H,20,21). The third kappa shape index (κ3) is 3.56. The number of carboxylic acid groups (broad SMARTS) is 1. The van der Waals surface area contributed by atoms with Crippen LogP contribution in [-0.2, 0) is 11.3 Å². The zero-order chi connectivity index (χ0) is 16.3. The van der Waals surface area contributed by atoms with Gasteiger partial charge in [0.25, 0.3) is 0 Å². The number of nitrogens with zero attached hydrogens (tertiary/aromatic N) is 1. The van der Waals surface area contributed by atoms with Crippen LogP contribution >= 0.6 is 0 Å². The van der Waals surface area contributed by atoms with Crippen molar-refractivity contribution in [1.82, 2.24) is 4.90 Å². The zero-order valence-electron chi connectivity index (χ0n) is 13.2. The maximum absolute atomic E-state index is 11.8. The Kier molecular flexibility index (Phi) is 4.39. The molecule has 0 spiro atoms. The van der Waals surface area contributed by atoms with Crippen LogP contribution in [0.4, 0.5) is 0 Å². The van der Waals surface area contributed by atoms with Crippen LogP contribution in [0.5, 0.6) is 5.75 Å². The molecule has 1 aliphatic heterocycles. The van der Waals surface area contributed by atoms with Gasteiger partial charge in [-0.25, -0.2) is 4.79 Å². The van der Waals surface area contributed by atoms with Crippen LogP contribution in [0.25, 0.3) is 0 Å². The predicted molar refractivity (Wildman–Crippen MR) is 85.4 cm³/mol. The molecule has 1 fully saturated rings. The Morgan fingerprint density at radius 2 is 1.91 bits per heavy atom. The summed E-state index contributed by atoms with van der Waals surface area (Å²) in [5, 5.41) is 9.67. The normalized spacial score (nSPS) is 17.8. The Hall–Kier alpha value is -2.27. The number of carbonyl (C=O) groups is 1. The molecule has 5 nitrogen and oxygen atoms in total. The number of furan rings is 1. The van der Waals surface area contributed by atoms with Gasteiger partial charge < -0.3 is 14.3 Å². The van der Waals surface area contributed by atoms with Crippen LogP contribution in [0.2, 0.25) is 0 Å². The monoisotopic (exact) mass is 315 g/mol. The lowest BCUT2D eigenvalue weighted by molar-refractivity contribution is -0.159. The Bertz CT molecular complexity index is 657. The molecular weight excluding hydrogens is 294 g/mol. The van der Waals surface area contributed by atoms with Gasteiger partial charge in [0.2, 0.25) is 5.60 Å². The molecule has 1 aliphatic rings. The second kappa shape index (κ2) is 6.46. The quantitative estimate of drug-likeness (QED) is 0.918. The number of likely N-dealkylation sites (tertiary alicyclic amines) is 1. The largest absolute Gasteiger partial charge is 0.478 e. The molecule has 1 N–H and O–H groups in total. The van der Waals surface area contributed by atoms with Crippen molar-refractivity contribution in [1.29, 1.82) is 0 Å². The van der Waals surface area contributed by atoms with E-state index in [9.17, 15) is 9.90 Å². The van der Waals surface area contributed by atoms with Gasteiger partial charge in [-0.2, -0.15) is 0 Å². The lowest BCUT2D eigenvalue weighted by Crippen LogP contribution is -2.53. The maximum atomic E-state index is 11.8. The van der Waals surface area contributed by atoms with Crippen molar-refractivity contribution in [3.05, 3.63) is 54.0 Å². The molecule has 1 saturated heterocycles. The fourth-order valence-electron chi connectivity index (χ4n) is 2.94. The lowest BCUT2D eigenvalue weighted by Gasteiger charge is -2.38. The highest BCUT2D eigenvalue weighted by atomic mass is 16.5. The molecule has 0 saturated carbocycles. The van der Waals surface area contributed by atoms with E-state index in [0.717, 1.165) is 11.5 Å². The molecule has 0 atom stereocenters. The number of benzene rings is 1. The van der Waals surface area contributed by atoms with Crippen molar-refractivity contribution in [2.24, 2.45) is 0 Å². The van der Waals surface area contributed by atoms with Crippen molar-refractivity contribution >= 4 is 5.97 Å². The molecule has 122 valence electrons. The van der Waals surface area contributed by atoms with Crippen LogP contribution in [0.3, 0.4) is 0 Å². The third-order valence-electron chi connectivity index (χ3n) is 4.29. The van der Waals surface area contributed by atoms with E-state index in [1.807, 2.05) is 37.3 Å². The first kappa shape index (κ1) is 15.6. The molecule has 2 heterocycles. The second-order valence-electron chi connectivity index (χ2n) is 6.00. The van der Waals surface area contributed by atoms with E-state index in [-0.39, 0.29) is 0 Å². The van der Waals surface area contributed by atoms with E-state index in [0.29, 0.717) is 38.2 Å². The highest BCUT2D eigenvalue weighted by molar-refractivity contribution is 5.78. The van der Waals surface area contributed by atoms with Gasteiger partial charge >= 0.3 is 5.97 Å². The predicted octanol–water partition coefficient (Wildman–Crippen LogP) is 3.09. The average molecular weight is 315 g/mol. The van der Waals surface area contributed by atoms with Crippen molar-refractivity contribution in [3.63, 3.8) is 0 Å². The summed E-state index contributed by atoms with van der Waals surface area (Å²) in [6, 6.07) is 13.1. The molecule has 3 rings (SSSR count). The van der Waals surface area contributed by atoms with Gasteiger partial charge in [-0.1, -0.05) is 18.2 Å². The van der Waals surface area contributed by atoms with Gasteiger partial charge in [0.05, 0.1) is 6.54 Å². The molecule has 1 aromatic carbocycles. The number of piperidine rings is 1. The Morgan fingerprint density at radius 1 is 1.22 bits per heavy atom. The molecule has 0 amide bonds.